The van der Waals surface area contributed by atoms with Crippen LogP contribution in [0.1, 0.15) is 16.8 Å². The zero-order valence-electron chi connectivity index (χ0n) is 15.6. The van der Waals surface area contributed by atoms with E-state index >= 15 is 0 Å². The Morgan fingerprint density at radius 3 is 2.97 bits per heavy atom. The molecule has 0 aliphatic heterocycles. The van der Waals surface area contributed by atoms with Crippen LogP contribution >= 0.6 is 11.8 Å². The van der Waals surface area contributed by atoms with Crippen LogP contribution in [0.5, 0.6) is 0 Å². The largest absolute Gasteiger partial charge is 0.423 e. The number of aryl methyl sites for hydroxylation is 1. The molecule has 0 unspecified atom stereocenters. The third-order valence-electron chi connectivity index (χ3n) is 4.63. The molecule has 0 atom stereocenters. The van der Waals surface area contributed by atoms with Crippen molar-refractivity contribution in [3.8, 4) is 0 Å². The summed E-state index contributed by atoms with van der Waals surface area (Å²) in [7, 11) is 0. The minimum Gasteiger partial charge on any atom is -0.423 e. The number of benzene rings is 2. The number of hydrogen-bond acceptors (Lipinski definition) is 6. The van der Waals surface area contributed by atoms with Gasteiger partial charge in [0.25, 0.3) is 0 Å². The van der Waals surface area contributed by atoms with Gasteiger partial charge in [0.05, 0.1) is 23.3 Å². The molecule has 2 aromatic carbocycles. The molecule has 0 bridgehead atoms. The molecule has 0 radical (unpaired) electrons. The molecule has 5 aromatic rings. The molecule has 0 saturated heterocycles. The van der Waals surface area contributed by atoms with Gasteiger partial charge in [-0.3, -0.25) is 0 Å². The molecule has 0 spiro atoms. The second-order valence-electron chi connectivity index (χ2n) is 6.85. The molecule has 29 heavy (non-hydrogen) atoms. The van der Waals surface area contributed by atoms with Gasteiger partial charge in [0, 0.05) is 23.4 Å². The van der Waals surface area contributed by atoms with Gasteiger partial charge >= 0.3 is 5.63 Å². The molecule has 8 heteroatoms. The zero-order chi connectivity index (χ0) is 19.8. The van der Waals surface area contributed by atoms with E-state index < -0.39 is 0 Å². The second-order valence-corrected chi connectivity index (χ2v) is 7.81. The summed E-state index contributed by atoms with van der Waals surface area (Å²) in [6.07, 6.45) is 1.89. The lowest BCUT2D eigenvalue weighted by Crippen LogP contribution is -2.06. The minimum absolute atomic E-state index is 0.362. The lowest BCUT2D eigenvalue weighted by molar-refractivity contribution is 0.555. The summed E-state index contributed by atoms with van der Waals surface area (Å²) in [5, 5.41) is 10.2. The number of hydrogen-bond donors (Lipinski definition) is 1. The van der Waals surface area contributed by atoms with Crippen LogP contribution < -0.4 is 5.63 Å². The van der Waals surface area contributed by atoms with Gasteiger partial charge in [0.15, 0.2) is 5.16 Å². The Morgan fingerprint density at radius 2 is 2.07 bits per heavy atom. The topological polar surface area (TPSA) is 89.6 Å². The maximum absolute atomic E-state index is 11.9. The van der Waals surface area contributed by atoms with E-state index in [-0.39, 0.29) is 5.63 Å². The number of aromatic amines is 1. The van der Waals surface area contributed by atoms with Gasteiger partial charge in [-0.15, -0.1) is 5.10 Å². The molecule has 5 rings (SSSR count). The Balaban J connectivity index is 1.34. The number of nitrogens with one attached hydrogen (secondary N) is 1. The van der Waals surface area contributed by atoms with Crippen LogP contribution in [0.15, 0.2) is 69.1 Å². The smallest absolute Gasteiger partial charge is 0.336 e. The second kappa shape index (κ2) is 7.21. The molecular weight excluding hydrogens is 386 g/mol. The summed E-state index contributed by atoms with van der Waals surface area (Å²) in [5.74, 6) is 0.649. The fourth-order valence-corrected chi connectivity index (χ4v) is 4.03. The number of aromatic nitrogens is 5. The minimum atomic E-state index is -0.362. The Bertz CT molecular complexity index is 1350. The quantitative estimate of drug-likeness (QED) is 0.353. The lowest BCUT2D eigenvalue weighted by atomic mass is 10.1. The Labute approximate surface area is 169 Å². The van der Waals surface area contributed by atoms with Crippen molar-refractivity contribution in [1.82, 2.24) is 25.0 Å². The molecule has 0 amide bonds. The predicted molar refractivity (Wildman–Crippen MR) is 112 cm³/mol. The highest BCUT2D eigenvalue weighted by Gasteiger charge is 2.10. The predicted octanol–water partition coefficient (Wildman–Crippen LogP) is 3.91. The van der Waals surface area contributed by atoms with Gasteiger partial charge in [-0.25, -0.2) is 14.5 Å². The number of nitrogens with zero attached hydrogens (tertiary/aromatic N) is 4. The molecule has 0 aliphatic rings. The average Bonchev–Trinajstić information content (AvgIpc) is 3.32. The van der Waals surface area contributed by atoms with Crippen molar-refractivity contribution in [3.63, 3.8) is 0 Å². The third-order valence-corrected chi connectivity index (χ3v) is 5.54. The number of para-hydroxylation sites is 2. The SMILES string of the molecule is Cc1ccc2c(Cn3cc(CSc4nc5ccccc5[nH]4)nn3)cc(=O)oc2c1. The van der Waals surface area contributed by atoms with Gasteiger partial charge in [0.1, 0.15) is 5.58 Å². The number of thioether (sulfide) groups is 1. The number of rotatable bonds is 5. The van der Waals surface area contributed by atoms with E-state index in [1.54, 1.807) is 16.4 Å². The van der Waals surface area contributed by atoms with E-state index in [1.165, 1.54) is 6.07 Å². The monoisotopic (exact) mass is 403 g/mol. The van der Waals surface area contributed by atoms with Gasteiger partial charge in [-0.1, -0.05) is 41.2 Å². The molecule has 0 fully saturated rings. The maximum Gasteiger partial charge on any atom is 0.336 e. The third kappa shape index (κ3) is 3.66. The highest BCUT2D eigenvalue weighted by molar-refractivity contribution is 7.98. The van der Waals surface area contributed by atoms with Gasteiger partial charge in [-0.2, -0.15) is 0 Å². The summed E-state index contributed by atoms with van der Waals surface area (Å²) < 4.78 is 7.06. The molecular formula is C21H17N5O2S. The average molecular weight is 403 g/mol. The van der Waals surface area contributed by atoms with E-state index in [1.807, 2.05) is 55.6 Å². The molecule has 0 saturated carbocycles. The molecule has 3 aromatic heterocycles. The summed E-state index contributed by atoms with van der Waals surface area (Å²) in [6, 6.07) is 15.3. The van der Waals surface area contributed by atoms with Gasteiger partial charge in [-0.05, 0) is 36.2 Å². The maximum atomic E-state index is 11.9. The molecule has 1 N–H and O–H groups in total. The Hall–Kier alpha value is -3.39. The van der Waals surface area contributed by atoms with E-state index in [2.05, 4.69) is 20.3 Å². The van der Waals surface area contributed by atoms with Crippen molar-refractivity contribution >= 4 is 33.8 Å². The zero-order valence-corrected chi connectivity index (χ0v) is 16.4. The van der Waals surface area contributed by atoms with E-state index in [0.717, 1.165) is 38.4 Å². The molecule has 3 heterocycles. The van der Waals surface area contributed by atoms with Crippen LogP contribution in [0.2, 0.25) is 0 Å². The number of H-pyrrole nitrogens is 1. The van der Waals surface area contributed by atoms with Crippen molar-refractivity contribution in [2.24, 2.45) is 0 Å². The molecule has 7 nitrogen and oxygen atoms in total. The van der Waals surface area contributed by atoms with E-state index in [4.69, 9.17) is 4.42 Å². The lowest BCUT2D eigenvalue weighted by Gasteiger charge is -2.05. The van der Waals surface area contributed by atoms with Gasteiger partial charge < -0.3 is 9.40 Å². The fourth-order valence-electron chi connectivity index (χ4n) is 3.26. The first-order chi connectivity index (χ1) is 14.1. The highest BCUT2D eigenvalue weighted by atomic mass is 32.2. The van der Waals surface area contributed by atoms with Crippen molar-refractivity contribution in [2.45, 2.75) is 24.4 Å². The van der Waals surface area contributed by atoms with E-state index in [0.29, 0.717) is 17.9 Å². The Kier molecular flexibility index (Phi) is 4.40. The van der Waals surface area contributed by atoms with E-state index in [9.17, 15) is 4.79 Å². The van der Waals surface area contributed by atoms with Crippen LogP contribution in [-0.4, -0.2) is 25.0 Å². The normalized spacial score (nSPS) is 11.5. The first-order valence-corrected chi connectivity index (χ1v) is 10.1. The summed E-state index contributed by atoms with van der Waals surface area (Å²) in [6.45, 7) is 2.42. The number of imidazole rings is 1. The first kappa shape index (κ1) is 17.7. The van der Waals surface area contributed by atoms with Crippen LogP contribution in [-0.2, 0) is 12.3 Å². The van der Waals surface area contributed by atoms with Crippen LogP contribution in [0.4, 0.5) is 0 Å². The van der Waals surface area contributed by atoms with Crippen LogP contribution in [0.25, 0.3) is 22.0 Å². The van der Waals surface area contributed by atoms with Crippen molar-refractivity contribution in [3.05, 3.63) is 82.0 Å². The van der Waals surface area contributed by atoms with Crippen molar-refractivity contribution in [1.29, 1.82) is 0 Å². The van der Waals surface area contributed by atoms with Crippen LogP contribution in [0, 0.1) is 6.92 Å². The summed E-state index contributed by atoms with van der Waals surface area (Å²) in [4.78, 5) is 19.8. The standard InChI is InChI=1S/C21H17N5O2S/c1-13-6-7-16-14(9-20(27)28-19(16)8-13)10-26-11-15(24-25-26)12-29-21-22-17-4-2-3-5-18(17)23-21/h2-9,11H,10,12H2,1H3,(H,22,23). The Morgan fingerprint density at radius 1 is 1.17 bits per heavy atom. The molecule has 0 aliphatic carbocycles. The van der Waals surface area contributed by atoms with Crippen molar-refractivity contribution in [2.75, 3.05) is 0 Å². The fraction of sp³-hybridized carbons (Fsp3) is 0.143. The highest BCUT2D eigenvalue weighted by Crippen LogP contribution is 2.23. The first-order valence-electron chi connectivity index (χ1n) is 9.14. The summed E-state index contributed by atoms with van der Waals surface area (Å²) >= 11 is 1.58. The van der Waals surface area contributed by atoms with Gasteiger partial charge in [0.2, 0.25) is 0 Å². The number of fused-ring (bicyclic) bond motifs is 2. The van der Waals surface area contributed by atoms with Crippen LogP contribution in [0.3, 0.4) is 0 Å². The van der Waals surface area contributed by atoms with Crippen molar-refractivity contribution < 1.29 is 4.42 Å². The summed E-state index contributed by atoms with van der Waals surface area (Å²) in [5.41, 5.74) is 4.94. The molecule has 144 valence electrons.